The Balaban J connectivity index is 1.71. The summed E-state index contributed by atoms with van der Waals surface area (Å²) in [7, 11) is 0. The first-order valence-electron chi connectivity index (χ1n) is 6.69. The second kappa shape index (κ2) is 8.12. The molecule has 0 heterocycles. The molecule has 0 saturated heterocycles. The Labute approximate surface area is 128 Å². The standard InChI is InChI=1S/C17H15N3O2/c21-16(15-11-5-2-6-12-15)19-20-17(22)18-13-7-10-14-8-3-1-4-9-14/h1-6,8-9,11-12H,13H2,(H,19,21)(H2,18,20,22). The van der Waals surface area contributed by atoms with Gasteiger partial charge < -0.3 is 5.32 Å². The van der Waals surface area contributed by atoms with Crippen LogP contribution in [-0.2, 0) is 0 Å². The molecule has 0 spiro atoms. The van der Waals surface area contributed by atoms with E-state index in [4.69, 9.17) is 0 Å². The van der Waals surface area contributed by atoms with Gasteiger partial charge in [0.1, 0.15) is 0 Å². The van der Waals surface area contributed by atoms with E-state index in [1.165, 1.54) is 0 Å². The third-order valence-electron chi connectivity index (χ3n) is 2.67. The van der Waals surface area contributed by atoms with Gasteiger partial charge in [-0.3, -0.25) is 10.2 Å². The van der Waals surface area contributed by atoms with Crippen LogP contribution >= 0.6 is 0 Å². The minimum absolute atomic E-state index is 0.182. The molecule has 0 aromatic heterocycles. The third-order valence-corrected chi connectivity index (χ3v) is 2.67. The number of benzene rings is 2. The fourth-order valence-corrected chi connectivity index (χ4v) is 1.61. The highest BCUT2D eigenvalue weighted by Gasteiger charge is 2.05. The average Bonchev–Trinajstić information content (AvgIpc) is 2.58. The number of hydrogen-bond acceptors (Lipinski definition) is 2. The van der Waals surface area contributed by atoms with E-state index in [1.54, 1.807) is 24.3 Å². The summed E-state index contributed by atoms with van der Waals surface area (Å²) in [5, 5.41) is 2.52. The molecule has 2 rings (SSSR count). The first-order chi connectivity index (χ1) is 10.8. The molecule has 110 valence electrons. The maximum atomic E-state index is 11.7. The molecule has 0 aliphatic rings. The molecule has 0 bridgehead atoms. The first-order valence-corrected chi connectivity index (χ1v) is 6.69. The summed E-state index contributed by atoms with van der Waals surface area (Å²) in [4.78, 5) is 23.2. The van der Waals surface area contributed by atoms with Crippen molar-refractivity contribution in [2.75, 3.05) is 6.54 Å². The van der Waals surface area contributed by atoms with Crippen LogP contribution in [0.15, 0.2) is 60.7 Å². The average molecular weight is 293 g/mol. The van der Waals surface area contributed by atoms with Gasteiger partial charge in [0.15, 0.2) is 0 Å². The highest BCUT2D eigenvalue weighted by Crippen LogP contribution is 1.96. The van der Waals surface area contributed by atoms with Crippen molar-refractivity contribution in [1.29, 1.82) is 0 Å². The Hall–Kier alpha value is -3.26. The summed E-state index contributed by atoms with van der Waals surface area (Å²) in [5.74, 6) is 5.34. The first kappa shape index (κ1) is 15.1. The largest absolute Gasteiger partial charge is 0.334 e. The molecule has 2 aromatic rings. The van der Waals surface area contributed by atoms with Crippen LogP contribution in [-0.4, -0.2) is 18.5 Å². The number of rotatable bonds is 2. The van der Waals surface area contributed by atoms with E-state index in [2.05, 4.69) is 28.0 Å². The van der Waals surface area contributed by atoms with E-state index in [1.807, 2.05) is 36.4 Å². The lowest BCUT2D eigenvalue weighted by Crippen LogP contribution is -2.47. The van der Waals surface area contributed by atoms with E-state index in [9.17, 15) is 9.59 Å². The number of carbonyl (C=O) groups is 2. The van der Waals surface area contributed by atoms with Gasteiger partial charge in [-0.05, 0) is 24.3 Å². The zero-order chi connectivity index (χ0) is 15.6. The highest BCUT2D eigenvalue weighted by molar-refractivity contribution is 5.95. The van der Waals surface area contributed by atoms with Crippen LogP contribution in [0.3, 0.4) is 0 Å². The van der Waals surface area contributed by atoms with Crippen LogP contribution in [0.4, 0.5) is 4.79 Å². The van der Waals surface area contributed by atoms with Crippen LogP contribution in [0.5, 0.6) is 0 Å². The Morgan fingerprint density at radius 1 is 0.864 bits per heavy atom. The molecule has 2 aromatic carbocycles. The van der Waals surface area contributed by atoms with Crippen LogP contribution in [0.2, 0.25) is 0 Å². The minimum Gasteiger partial charge on any atom is -0.326 e. The van der Waals surface area contributed by atoms with Gasteiger partial charge in [0.05, 0.1) is 6.54 Å². The second-order valence-corrected chi connectivity index (χ2v) is 4.30. The molecule has 0 fully saturated rings. The fourth-order valence-electron chi connectivity index (χ4n) is 1.61. The lowest BCUT2D eigenvalue weighted by molar-refractivity contribution is 0.0936. The van der Waals surface area contributed by atoms with Gasteiger partial charge in [-0.25, -0.2) is 10.2 Å². The van der Waals surface area contributed by atoms with Crippen molar-refractivity contribution in [1.82, 2.24) is 16.2 Å². The van der Waals surface area contributed by atoms with Crippen LogP contribution in [0, 0.1) is 11.8 Å². The highest BCUT2D eigenvalue weighted by atomic mass is 16.2. The Morgan fingerprint density at radius 2 is 1.50 bits per heavy atom. The Morgan fingerprint density at radius 3 is 2.18 bits per heavy atom. The molecule has 0 saturated carbocycles. The number of amides is 3. The maximum absolute atomic E-state index is 11.7. The van der Waals surface area contributed by atoms with Crippen LogP contribution in [0.1, 0.15) is 15.9 Å². The van der Waals surface area contributed by atoms with Crippen LogP contribution in [0.25, 0.3) is 0 Å². The van der Waals surface area contributed by atoms with Gasteiger partial charge in [-0.1, -0.05) is 48.2 Å². The third kappa shape index (κ3) is 5.02. The van der Waals surface area contributed by atoms with Crippen molar-refractivity contribution in [2.24, 2.45) is 0 Å². The van der Waals surface area contributed by atoms with Gasteiger partial charge in [0.25, 0.3) is 5.91 Å². The number of hydrazine groups is 1. The van der Waals surface area contributed by atoms with Crippen molar-refractivity contribution in [3.8, 4) is 11.8 Å². The van der Waals surface area contributed by atoms with E-state index in [0.29, 0.717) is 5.56 Å². The van der Waals surface area contributed by atoms with Gasteiger partial charge in [-0.15, -0.1) is 0 Å². The van der Waals surface area contributed by atoms with E-state index in [-0.39, 0.29) is 12.5 Å². The predicted molar refractivity (Wildman–Crippen MR) is 83.8 cm³/mol. The quantitative estimate of drug-likeness (QED) is 0.582. The lowest BCUT2D eigenvalue weighted by Gasteiger charge is -2.07. The molecule has 0 aliphatic heterocycles. The molecular weight excluding hydrogens is 278 g/mol. The SMILES string of the molecule is O=C(NCC#Cc1ccccc1)NNC(=O)c1ccccc1. The van der Waals surface area contributed by atoms with Gasteiger partial charge >= 0.3 is 6.03 Å². The van der Waals surface area contributed by atoms with Crippen molar-refractivity contribution in [3.63, 3.8) is 0 Å². The summed E-state index contributed by atoms with van der Waals surface area (Å²) in [5.41, 5.74) is 5.91. The summed E-state index contributed by atoms with van der Waals surface area (Å²) in [6.07, 6.45) is 0. The zero-order valence-electron chi connectivity index (χ0n) is 11.8. The topological polar surface area (TPSA) is 70.2 Å². The molecule has 0 unspecified atom stereocenters. The number of nitrogens with one attached hydrogen (secondary N) is 3. The van der Waals surface area contributed by atoms with E-state index < -0.39 is 6.03 Å². The second-order valence-electron chi connectivity index (χ2n) is 4.30. The van der Waals surface area contributed by atoms with Crippen molar-refractivity contribution >= 4 is 11.9 Å². The normalized spacial score (nSPS) is 9.09. The lowest BCUT2D eigenvalue weighted by atomic mass is 10.2. The molecule has 0 radical (unpaired) electrons. The number of urea groups is 1. The maximum Gasteiger partial charge on any atom is 0.334 e. The molecule has 5 nitrogen and oxygen atoms in total. The summed E-state index contributed by atoms with van der Waals surface area (Å²) in [6, 6.07) is 17.5. The van der Waals surface area contributed by atoms with Crippen molar-refractivity contribution in [3.05, 3.63) is 71.8 Å². The number of hydrogen-bond donors (Lipinski definition) is 3. The fraction of sp³-hybridized carbons (Fsp3) is 0.0588. The molecule has 5 heteroatoms. The predicted octanol–water partition coefficient (Wildman–Crippen LogP) is 1.68. The molecule has 0 atom stereocenters. The number of carbonyl (C=O) groups excluding carboxylic acids is 2. The molecule has 3 N–H and O–H groups in total. The summed E-state index contributed by atoms with van der Waals surface area (Å²) >= 11 is 0. The smallest absolute Gasteiger partial charge is 0.326 e. The Bertz CT molecular complexity index is 688. The van der Waals surface area contributed by atoms with Crippen LogP contribution < -0.4 is 16.2 Å². The van der Waals surface area contributed by atoms with Gasteiger partial charge in [0, 0.05) is 11.1 Å². The summed E-state index contributed by atoms with van der Waals surface area (Å²) in [6.45, 7) is 0.182. The van der Waals surface area contributed by atoms with Crippen molar-refractivity contribution in [2.45, 2.75) is 0 Å². The molecular formula is C17H15N3O2. The monoisotopic (exact) mass is 293 g/mol. The Kier molecular flexibility index (Phi) is 5.59. The molecule has 22 heavy (non-hydrogen) atoms. The van der Waals surface area contributed by atoms with Crippen molar-refractivity contribution < 1.29 is 9.59 Å². The molecule has 0 aliphatic carbocycles. The van der Waals surface area contributed by atoms with E-state index >= 15 is 0 Å². The minimum atomic E-state index is -0.522. The zero-order valence-corrected chi connectivity index (χ0v) is 11.8. The van der Waals surface area contributed by atoms with Gasteiger partial charge in [-0.2, -0.15) is 0 Å². The molecule has 3 amide bonds. The van der Waals surface area contributed by atoms with Gasteiger partial charge in [0.2, 0.25) is 0 Å². The summed E-state index contributed by atoms with van der Waals surface area (Å²) < 4.78 is 0. The van der Waals surface area contributed by atoms with E-state index in [0.717, 1.165) is 5.56 Å².